The van der Waals surface area contributed by atoms with E-state index < -0.39 is 28.1 Å². The first-order valence-electron chi connectivity index (χ1n) is 10.5. The number of anilines is 2. The van der Waals surface area contributed by atoms with Crippen molar-refractivity contribution in [2.45, 2.75) is 23.8 Å². The molecular formula is C24H23N3O6S. The third-order valence-corrected chi connectivity index (χ3v) is 7.07. The van der Waals surface area contributed by atoms with Crippen molar-refractivity contribution in [3.63, 3.8) is 0 Å². The van der Waals surface area contributed by atoms with Gasteiger partial charge in [-0.3, -0.25) is 10.1 Å². The van der Waals surface area contributed by atoms with Crippen LogP contribution in [0.15, 0.2) is 71.6 Å². The van der Waals surface area contributed by atoms with Gasteiger partial charge in [0.05, 0.1) is 18.5 Å². The highest BCUT2D eigenvalue weighted by Gasteiger charge is 2.29. The topological polar surface area (TPSA) is 134 Å². The van der Waals surface area contributed by atoms with Crippen molar-refractivity contribution in [2.24, 2.45) is 0 Å². The summed E-state index contributed by atoms with van der Waals surface area (Å²) < 4.78 is 33.9. The summed E-state index contributed by atoms with van der Waals surface area (Å²) in [5.41, 5.74) is 2.66. The number of hydrogen-bond donors (Lipinski definition) is 4. The van der Waals surface area contributed by atoms with Gasteiger partial charge in [0, 0.05) is 11.6 Å². The zero-order chi connectivity index (χ0) is 24.3. The molecule has 1 aliphatic rings. The van der Waals surface area contributed by atoms with Gasteiger partial charge in [0.15, 0.2) is 0 Å². The summed E-state index contributed by atoms with van der Waals surface area (Å²) >= 11 is 0. The number of rotatable bonds is 7. The smallest absolute Gasteiger partial charge is 0.409 e. The molecule has 0 saturated carbocycles. The van der Waals surface area contributed by atoms with Gasteiger partial charge in [-0.1, -0.05) is 30.3 Å². The fourth-order valence-electron chi connectivity index (χ4n) is 3.98. The van der Waals surface area contributed by atoms with Gasteiger partial charge >= 0.3 is 6.09 Å². The molecule has 0 saturated heterocycles. The van der Waals surface area contributed by atoms with Gasteiger partial charge in [-0.25, -0.2) is 17.9 Å². The summed E-state index contributed by atoms with van der Waals surface area (Å²) in [4.78, 5) is 23.9. The molecule has 0 heterocycles. The molecular weight excluding hydrogens is 458 g/mol. The molecule has 9 nitrogen and oxygen atoms in total. The van der Waals surface area contributed by atoms with Crippen LogP contribution < -0.4 is 20.1 Å². The third kappa shape index (κ3) is 4.87. The molecule has 2 amide bonds. The van der Waals surface area contributed by atoms with E-state index in [9.17, 15) is 18.0 Å². The highest BCUT2D eigenvalue weighted by molar-refractivity contribution is 7.89. The molecule has 0 fully saturated rings. The zero-order valence-electron chi connectivity index (χ0n) is 18.2. The molecule has 3 aromatic rings. The molecule has 10 heteroatoms. The van der Waals surface area contributed by atoms with E-state index in [4.69, 9.17) is 9.84 Å². The summed E-state index contributed by atoms with van der Waals surface area (Å²) in [6, 6.07) is 17.6. The van der Waals surface area contributed by atoms with Gasteiger partial charge in [0.25, 0.3) is 5.91 Å². The number of carboxylic acid groups (broad SMARTS) is 1. The van der Waals surface area contributed by atoms with Gasteiger partial charge in [0.1, 0.15) is 10.6 Å². The molecule has 34 heavy (non-hydrogen) atoms. The van der Waals surface area contributed by atoms with E-state index in [0.29, 0.717) is 24.1 Å². The lowest BCUT2D eigenvalue weighted by atomic mass is 10.0. The molecule has 1 unspecified atom stereocenters. The Kier molecular flexibility index (Phi) is 6.53. The summed E-state index contributed by atoms with van der Waals surface area (Å²) in [6.45, 7) is 0. The molecule has 1 aliphatic carbocycles. The number of aryl methyl sites for hydroxylation is 1. The van der Waals surface area contributed by atoms with E-state index in [1.807, 2.05) is 0 Å². The number of carbonyl (C=O) groups is 2. The van der Waals surface area contributed by atoms with Crippen LogP contribution in [-0.2, 0) is 16.4 Å². The molecule has 0 aliphatic heterocycles. The fraction of sp³-hybridized carbons (Fsp3) is 0.167. The number of para-hydroxylation sites is 3. The number of amides is 2. The van der Waals surface area contributed by atoms with Gasteiger partial charge in [-0.05, 0) is 60.4 Å². The third-order valence-electron chi connectivity index (χ3n) is 5.56. The maximum Gasteiger partial charge on any atom is 0.409 e. The van der Waals surface area contributed by atoms with Crippen LogP contribution in [0, 0.1) is 0 Å². The second-order valence-corrected chi connectivity index (χ2v) is 9.39. The van der Waals surface area contributed by atoms with Gasteiger partial charge in [-0.15, -0.1) is 0 Å². The average Bonchev–Trinajstić information content (AvgIpc) is 3.21. The van der Waals surface area contributed by atoms with Crippen molar-refractivity contribution in [1.82, 2.24) is 4.72 Å². The van der Waals surface area contributed by atoms with E-state index in [1.165, 1.54) is 13.2 Å². The minimum Gasteiger partial charge on any atom is -0.495 e. The quantitative estimate of drug-likeness (QED) is 0.403. The number of methoxy groups -OCH3 is 1. The molecule has 1 atom stereocenters. The first-order valence-corrected chi connectivity index (χ1v) is 12.0. The first kappa shape index (κ1) is 23.3. The van der Waals surface area contributed by atoms with Crippen molar-refractivity contribution in [2.75, 3.05) is 17.7 Å². The normalized spacial score (nSPS) is 14.8. The predicted octanol–water partition coefficient (Wildman–Crippen LogP) is 4.00. The molecule has 0 spiro atoms. The van der Waals surface area contributed by atoms with E-state index >= 15 is 0 Å². The number of carbonyl (C=O) groups excluding carboxylic acids is 1. The molecule has 4 N–H and O–H groups in total. The second kappa shape index (κ2) is 9.54. The average molecular weight is 482 g/mol. The Labute approximate surface area is 196 Å². The van der Waals surface area contributed by atoms with E-state index in [2.05, 4.69) is 15.4 Å². The Morgan fingerprint density at radius 3 is 2.35 bits per heavy atom. The standard InChI is InChI=1S/C24H23N3O6S/c1-33-21-8-4-5-9-22(21)34(31,32)27-18-13-11-15-14-16(10-12-17(15)18)23(28)25-19-6-2-3-7-20(19)26-24(29)30/h2-10,12,14,18,26-27H,11,13H2,1H3,(H,25,28)(H,29,30). The zero-order valence-corrected chi connectivity index (χ0v) is 19.1. The minimum absolute atomic E-state index is 0.0654. The summed E-state index contributed by atoms with van der Waals surface area (Å²) in [5, 5.41) is 13.9. The monoisotopic (exact) mass is 481 g/mol. The summed E-state index contributed by atoms with van der Waals surface area (Å²) in [5.74, 6) is -0.140. The highest BCUT2D eigenvalue weighted by atomic mass is 32.2. The fourth-order valence-corrected chi connectivity index (χ4v) is 5.40. The lowest BCUT2D eigenvalue weighted by molar-refractivity contribution is 0.102. The number of nitrogens with one attached hydrogen (secondary N) is 3. The van der Waals surface area contributed by atoms with Crippen molar-refractivity contribution in [3.8, 4) is 5.75 Å². The van der Waals surface area contributed by atoms with Gasteiger partial charge in [-0.2, -0.15) is 0 Å². The van der Waals surface area contributed by atoms with Crippen LogP contribution in [0.25, 0.3) is 0 Å². The van der Waals surface area contributed by atoms with E-state index in [-0.39, 0.29) is 16.3 Å². The van der Waals surface area contributed by atoms with Gasteiger partial charge in [0.2, 0.25) is 10.0 Å². The van der Waals surface area contributed by atoms with Crippen LogP contribution in [0.2, 0.25) is 0 Å². The molecule has 176 valence electrons. The second-order valence-electron chi connectivity index (χ2n) is 7.71. The molecule has 0 bridgehead atoms. The number of hydrogen-bond acceptors (Lipinski definition) is 5. The van der Waals surface area contributed by atoms with Crippen molar-refractivity contribution in [3.05, 3.63) is 83.4 Å². The Morgan fingerprint density at radius 1 is 0.971 bits per heavy atom. The molecule has 0 radical (unpaired) electrons. The maximum absolute atomic E-state index is 13.0. The summed E-state index contributed by atoms with van der Waals surface area (Å²) in [6.07, 6.45) is -0.0757. The van der Waals surface area contributed by atoms with E-state index in [0.717, 1.165) is 11.1 Å². The molecule has 4 rings (SSSR count). The number of sulfonamides is 1. The van der Waals surface area contributed by atoms with Crippen LogP contribution in [-0.4, -0.2) is 32.6 Å². The van der Waals surface area contributed by atoms with Gasteiger partial charge < -0.3 is 15.2 Å². The van der Waals surface area contributed by atoms with Crippen molar-refractivity contribution >= 4 is 33.4 Å². The van der Waals surface area contributed by atoms with Crippen molar-refractivity contribution < 1.29 is 27.9 Å². The van der Waals surface area contributed by atoms with E-state index in [1.54, 1.807) is 60.7 Å². The number of fused-ring (bicyclic) bond motifs is 1. The lowest BCUT2D eigenvalue weighted by Gasteiger charge is -2.16. The SMILES string of the molecule is COc1ccccc1S(=O)(=O)NC1CCc2cc(C(=O)Nc3ccccc3NC(=O)O)ccc21. The Morgan fingerprint density at radius 2 is 1.65 bits per heavy atom. The lowest BCUT2D eigenvalue weighted by Crippen LogP contribution is -2.27. The van der Waals surface area contributed by atoms with Crippen LogP contribution in [0.4, 0.5) is 16.2 Å². The number of ether oxygens (including phenoxy) is 1. The minimum atomic E-state index is -3.82. The van der Waals surface area contributed by atoms with Crippen LogP contribution in [0.3, 0.4) is 0 Å². The van der Waals surface area contributed by atoms with Crippen molar-refractivity contribution in [1.29, 1.82) is 0 Å². The molecule has 0 aromatic heterocycles. The Hall–Kier alpha value is -3.89. The first-order chi connectivity index (χ1) is 16.3. The Bertz CT molecular complexity index is 1360. The van der Waals surface area contributed by atoms with Crippen LogP contribution in [0.5, 0.6) is 5.75 Å². The Balaban J connectivity index is 1.52. The molecule has 3 aromatic carbocycles. The number of benzene rings is 3. The predicted molar refractivity (Wildman–Crippen MR) is 127 cm³/mol. The van der Waals surface area contributed by atoms with Crippen LogP contribution >= 0.6 is 0 Å². The maximum atomic E-state index is 13.0. The van der Waals surface area contributed by atoms with Crippen LogP contribution in [0.1, 0.15) is 33.9 Å². The largest absolute Gasteiger partial charge is 0.495 e. The summed E-state index contributed by atoms with van der Waals surface area (Å²) in [7, 11) is -2.40. The highest BCUT2D eigenvalue weighted by Crippen LogP contribution is 2.34.